The number of amides is 1. The fourth-order valence-electron chi connectivity index (χ4n) is 3.07. The lowest BCUT2D eigenvalue weighted by atomic mass is 10.1. The van der Waals surface area contributed by atoms with E-state index in [0.29, 0.717) is 17.6 Å². The first-order chi connectivity index (χ1) is 13.3. The van der Waals surface area contributed by atoms with Gasteiger partial charge in [0.25, 0.3) is 5.91 Å². The van der Waals surface area contributed by atoms with Gasteiger partial charge in [-0.15, -0.1) is 0 Å². The van der Waals surface area contributed by atoms with Gasteiger partial charge in [-0.25, -0.2) is 9.67 Å². The SMILES string of the molecule is CC(NC(=O)c1cc(C2CC2)nc2c1cnn2Cc1ccccc1)C(F)(F)F. The second kappa shape index (κ2) is 6.92. The van der Waals surface area contributed by atoms with Crippen LogP contribution in [0.3, 0.4) is 0 Å². The largest absolute Gasteiger partial charge is 0.408 e. The second-order valence-corrected chi connectivity index (χ2v) is 7.13. The lowest BCUT2D eigenvalue weighted by Crippen LogP contribution is -2.43. The highest BCUT2D eigenvalue weighted by Crippen LogP contribution is 2.40. The molecule has 1 aliphatic carbocycles. The van der Waals surface area contributed by atoms with E-state index in [1.807, 2.05) is 35.6 Å². The fraction of sp³-hybridized carbons (Fsp3) is 0.350. The van der Waals surface area contributed by atoms with Gasteiger partial charge < -0.3 is 5.32 Å². The maximum Gasteiger partial charge on any atom is 0.408 e. The van der Waals surface area contributed by atoms with E-state index in [1.165, 1.54) is 6.20 Å². The molecule has 0 aliphatic heterocycles. The summed E-state index contributed by atoms with van der Waals surface area (Å²) in [7, 11) is 0. The lowest BCUT2D eigenvalue weighted by Gasteiger charge is -2.17. The maximum absolute atomic E-state index is 12.9. The van der Waals surface area contributed by atoms with Gasteiger partial charge in [0.1, 0.15) is 6.04 Å². The van der Waals surface area contributed by atoms with E-state index in [4.69, 9.17) is 0 Å². The topological polar surface area (TPSA) is 59.8 Å². The predicted molar refractivity (Wildman–Crippen MR) is 98.0 cm³/mol. The number of nitrogens with one attached hydrogen (secondary N) is 1. The van der Waals surface area contributed by atoms with Gasteiger partial charge in [-0.05, 0) is 31.4 Å². The van der Waals surface area contributed by atoms with Crippen molar-refractivity contribution in [3.63, 3.8) is 0 Å². The van der Waals surface area contributed by atoms with E-state index < -0.39 is 18.1 Å². The number of alkyl halides is 3. The van der Waals surface area contributed by atoms with Crippen molar-refractivity contribution in [2.75, 3.05) is 0 Å². The highest BCUT2D eigenvalue weighted by Gasteiger charge is 2.37. The van der Waals surface area contributed by atoms with Crippen molar-refractivity contribution in [2.45, 2.75) is 44.4 Å². The molecule has 1 N–H and O–H groups in total. The van der Waals surface area contributed by atoms with Crippen molar-refractivity contribution in [1.82, 2.24) is 20.1 Å². The van der Waals surface area contributed by atoms with Crippen molar-refractivity contribution >= 4 is 16.9 Å². The van der Waals surface area contributed by atoms with Crippen molar-refractivity contribution in [3.8, 4) is 0 Å². The number of hydrogen-bond donors (Lipinski definition) is 1. The molecule has 2 aromatic heterocycles. The molecule has 0 radical (unpaired) electrons. The summed E-state index contributed by atoms with van der Waals surface area (Å²) in [6, 6.07) is 9.33. The molecule has 28 heavy (non-hydrogen) atoms. The van der Waals surface area contributed by atoms with Gasteiger partial charge in [-0.2, -0.15) is 18.3 Å². The van der Waals surface area contributed by atoms with E-state index in [0.717, 1.165) is 31.0 Å². The van der Waals surface area contributed by atoms with Crippen LogP contribution in [0.2, 0.25) is 0 Å². The number of carbonyl (C=O) groups is 1. The van der Waals surface area contributed by atoms with Crippen LogP contribution in [-0.2, 0) is 6.54 Å². The maximum atomic E-state index is 12.9. The van der Waals surface area contributed by atoms with Gasteiger partial charge in [-0.3, -0.25) is 4.79 Å². The summed E-state index contributed by atoms with van der Waals surface area (Å²) in [5.74, 6) is -0.519. The third kappa shape index (κ3) is 3.72. The smallest absolute Gasteiger partial charge is 0.341 e. The zero-order chi connectivity index (χ0) is 19.9. The number of halogens is 3. The molecule has 1 saturated carbocycles. The molecule has 1 fully saturated rings. The van der Waals surface area contributed by atoms with Crippen LogP contribution in [0.1, 0.15) is 47.3 Å². The summed E-state index contributed by atoms with van der Waals surface area (Å²) in [6.45, 7) is 1.39. The third-order valence-electron chi connectivity index (χ3n) is 4.88. The molecule has 1 atom stereocenters. The average molecular weight is 388 g/mol. The van der Waals surface area contributed by atoms with Crippen LogP contribution in [-0.4, -0.2) is 32.9 Å². The minimum Gasteiger partial charge on any atom is -0.341 e. The Morgan fingerprint density at radius 2 is 2.00 bits per heavy atom. The number of nitrogens with zero attached hydrogens (tertiary/aromatic N) is 3. The molecule has 1 aliphatic rings. The Hall–Kier alpha value is -2.90. The number of rotatable bonds is 5. The molecule has 0 bridgehead atoms. The molecule has 0 saturated heterocycles. The van der Waals surface area contributed by atoms with E-state index in [1.54, 1.807) is 10.7 Å². The van der Waals surface area contributed by atoms with E-state index >= 15 is 0 Å². The van der Waals surface area contributed by atoms with Gasteiger partial charge in [0, 0.05) is 11.6 Å². The number of benzene rings is 1. The second-order valence-electron chi connectivity index (χ2n) is 7.13. The zero-order valence-corrected chi connectivity index (χ0v) is 15.2. The number of aromatic nitrogens is 3. The Kier molecular flexibility index (Phi) is 4.56. The Labute approximate surface area is 159 Å². The highest BCUT2D eigenvalue weighted by atomic mass is 19.4. The molecule has 2 heterocycles. The van der Waals surface area contributed by atoms with E-state index in [-0.39, 0.29) is 11.5 Å². The van der Waals surface area contributed by atoms with E-state index in [9.17, 15) is 18.0 Å². The van der Waals surface area contributed by atoms with Gasteiger partial charge in [-0.1, -0.05) is 30.3 Å². The Bertz CT molecular complexity index is 1010. The number of carbonyl (C=O) groups excluding carboxylic acids is 1. The zero-order valence-electron chi connectivity index (χ0n) is 15.2. The van der Waals surface area contributed by atoms with Crippen molar-refractivity contribution in [3.05, 3.63) is 59.4 Å². The van der Waals surface area contributed by atoms with E-state index in [2.05, 4.69) is 10.1 Å². The molecule has 146 valence electrons. The molecular weight excluding hydrogens is 369 g/mol. The number of fused-ring (bicyclic) bond motifs is 1. The van der Waals surface area contributed by atoms with Crippen LogP contribution in [0, 0.1) is 0 Å². The van der Waals surface area contributed by atoms with Crippen LogP contribution in [0.4, 0.5) is 13.2 Å². The van der Waals surface area contributed by atoms with Gasteiger partial charge in [0.15, 0.2) is 5.65 Å². The quantitative estimate of drug-likeness (QED) is 0.718. The van der Waals surface area contributed by atoms with Gasteiger partial charge in [0.05, 0.1) is 23.7 Å². The normalized spacial score (nSPS) is 15.6. The summed E-state index contributed by atoms with van der Waals surface area (Å²) in [4.78, 5) is 17.3. The van der Waals surface area contributed by atoms with Crippen LogP contribution >= 0.6 is 0 Å². The molecule has 1 aromatic carbocycles. The minimum absolute atomic E-state index is 0.183. The molecule has 1 amide bonds. The van der Waals surface area contributed by atoms with Crippen molar-refractivity contribution in [2.24, 2.45) is 0 Å². The predicted octanol–water partition coefficient (Wildman–Crippen LogP) is 4.04. The minimum atomic E-state index is -4.50. The molecule has 5 nitrogen and oxygen atoms in total. The number of pyridine rings is 1. The lowest BCUT2D eigenvalue weighted by molar-refractivity contribution is -0.149. The first-order valence-corrected chi connectivity index (χ1v) is 9.11. The van der Waals surface area contributed by atoms with Crippen molar-refractivity contribution < 1.29 is 18.0 Å². The van der Waals surface area contributed by atoms with Gasteiger partial charge in [0.2, 0.25) is 0 Å². The summed E-state index contributed by atoms with van der Waals surface area (Å²) in [6.07, 6.45) is -1.08. The molecule has 3 aromatic rings. The van der Waals surface area contributed by atoms with Crippen LogP contribution in [0.5, 0.6) is 0 Å². The number of hydrogen-bond acceptors (Lipinski definition) is 3. The first-order valence-electron chi connectivity index (χ1n) is 9.11. The Balaban J connectivity index is 1.73. The summed E-state index contributed by atoms with van der Waals surface area (Å²) in [5, 5.41) is 6.83. The van der Waals surface area contributed by atoms with Gasteiger partial charge >= 0.3 is 6.18 Å². The Morgan fingerprint density at radius 3 is 2.64 bits per heavy atom. The molecule has 4 rings (SSSR count). The fourth-order valence-corrected chi connectivity index (χ4v) is 3.07. The van der Waals surface area contributed by atoms with Crippen LogP contribution in [0.15, 0.2) is 42.6 Å². The van der Waals surface area contributed by atoms with Crippen molar-refractivity contribution in [1.29, 1.82) is 0 Å². The van der Waals surface area contributed by atoms with Crippen LogP contribution < -0.4 is 5.32 Å². The first kappa shape index (κ1) is 18.5. The molecular formula is C20H19F3N4O. The molecule has 0 spiro atoms. The average Bonchev–Trinajstić information content (AvgIpc) is 3.43. The Morgan fingerprint density at radius 1 is 1.29 bits per heavy atom. The molecule has 8 heteroatoms. The summed E-state index contributed by atoms with van der Waals surface area (Å²) in [5.41, 5.74) is 2.44. The third-order valence-corrected chi connectivity index (χ3v) is 4.88. The standard InChI is InChI=1S/C20H19F3N4O/c1-12(20(21,22)23)25-19(28)15-9-17(14-7-8-14)26-18-16(15)10-24-27(18)11-13-5-3-2-4-6-13/h2-6,9-10,12,14H,7-8,11H2,1H3,(H,25,28). The molecule has 1 unspecified atom stereocenters. The monoisotopic (exact) mass is 388 g/mol. The highest BCUT2D eigenvalue weighted by molar-refractivity contribution is 6.05. The summed E-state index contributed by atoms with van der Waals surface area (Å²) >= 11 is 0. The summed E-state index contributed by atoms with van der Waals surface area (Å²) < 4.78 is 40.3. The van der Waals surface area contributed by atoms with Crippen LogP contribution in [0.25, 0.3) is 11.0 Å².